The molecule has 0 bridgehead atoms. The average molecular weight is 294 g/mol. The van der Waals surface area contributed by atoms with Crippen molar-refractivity contribution in [3.05, 3.63) is 24.3 Å². The largest absolute Gasteiger partial charge is 0.478 e. The van der Waals surface area contributed by atoms with E-state index in [2.05, 4.69) is 0 Å². The van der Waals surface area contributed by atoms with Crippen molar-refractivity contribution < 1.29 is 49.8 Å². The van der Waals surface area contributed by atoms with Crippen LogP contribution in [0.25, 0.3) is 0 Å². The quantitative estimate of drug-likeness (QED) is 0.322. The number of hydrogen-bond acceptors (Lipinski definition) is 6. The average Bonchev–Trinajstić information content (AvgIpc) is 2.35. The molecule has 0 aromatic rings. The molecule has 0 spiro atoms. The lowest BCUT2D eigenvalue weighted by molar-refractivity contribution is -0.134. The van der Waals surface area contributed by atoms with Gasteiger partial charge in [-0.3, -0.25) is 0 Å². The van der Waals surface area contributed by atoms with Crippen molar-refractivity contribution in [2.75, 3.05) is 13.2 Å². The number of aliphatic carboxylic acids is 4. The van der Waals surface area contributed by atoms with Gasteiger partial charge in [0.1, 0.15) is 0 Å². The standard InChI is InChI=1S/2C4H4O4.C2H6O2/c2*5-3(6)1-2-4(7)8;3-1-2-4/h2*1-2H,(H,5,6)(H,7,8);3-4H,1-2H2/b2*2-1-;. The molecule has 0 aliphatic heterocycles. The minimum absolute atomic E-state index is 0.125. The normalized spacial score (nSPS) is 9.10. The first-order valence-corrected chi connectivity index (χ1v) is 4.66. The highest BCUT2D eigenvalue weighted by Gasteiger charge is 1.88. The second kappa shape index (κ2) is 16.3. The van der Waals surface area contributed by atoms with Gasteiger partial charge in [0.2, 0.25) is 0 Å². The van der Waals surface area contributed by atoms with Gasteiger partial charge in [-0.1, -0.05) is 0 Å². The second-order valence-corrected chi connectivity index (χ2v) is 2.47. The molecule has 0 heterocycles. The number of carboxylic acid groups (broad SMARTS) is 4. The topological polar surface area (TPSA) is 190 Å². The highest BCUT2D eigenvalue weighted by Crippen LogP contribution is 1.71. The lowest BCUT2D eigenvalue weighted by atomic mass is 10.5. The predicted octanol–water partition coefficient (Wildman–Crippen LogP) is -1.61. The van der Waals surface area contributed by atoms with Crippen molar-refractivity contribution in [2.24, 2.45) is 0 Å². The Labute approximate surface area is 112 Å². The van der Waals surface area contributed by atoms with E-state index in [1.807, 2.05) is 0 Å². The number of aliphatic hydroxyl groups is 2. The summed E-state index contributed by atoms with van der Waals surface area (Å²) in [6.07, 6.45) is 2.23. The van der Waals surface area contributed by atoms with E-state index in [9.17, 15) is 19.2 Å². The Hall–Kier alpha value is -2.72. The van der Waals surface area contributed by atoms with Gasteiger partial charge in [0, 0.05) is 24.3 Å². The summed E-state index contributed by atoms with van der Waals surface area (Å²) in [6.45, 7) is -0.250. The molecule has 0 saturated carbocycles. The Morgan fingerprint density at radius 2 is 0.700 bits per heavy atom. The van der Waals surface area contributed by atoms with E-state index in [-0.39, 0.29) is 13.2 Å². The second-order valence-electron chi connectivity index (χ2n) is 2.47. The molecule has 0 unspecified atom stereocenters. The molecule has 0 aromatic carbocycles. The van der Waals surface area contributed by atoms with Gasteiger partial charge in [0.05, 0.1) is 13.2 Å². The van der Waals surface area contributed by atoms with Crippen LogP contribution in [0.2, 0.25) is 0 Å². The summed E-state index contributed by atoms with van der Waals surface area (Å²) >= 11 is 0. The molecule has 0 aliphatic carbocycles. The van der Waals surface area contributed by atoms with Crippen molar-refractivity contribution >= 4 is 23.9 Å². The molecule has 0 fully saturated rings. The molecular weight excluding hydrogens is 280 g/mol. The molecule has 20 heavy (non-hydrogen) atoms. The minimum Gasteiger partial charge on any atom is -0.478 e. The third kappa shape index (κ3) is 45.4. The Balaban J connectivity index is -0.000000230. The molecule has 0 radical (unpaired) electrons. The molecule has 0 amide bonds. The third-order valence-corrected chi connectivity index (χ3v) is 0.837. The van der Waals surface area contributed by atoms with E-state index < -0.39 is 23.9 Å². The van der Waals surface area contributed by atoms with Crippen LogP contribution in [0.3, 0.4) is 0 Å². The zero-order valence-corrected chi connectivity index (χ0v) is 10.0. The summed E-state index contributed by atoms with van der Waals surface area (Å²) in [5.74, 6) is -5.03. The Morgan fingerprint density at radius 1 is 0.550 bits per heavy atom. The summed E-state index contributed by atoms with van der Waals surface area (Å²) in [7, 11) is 0. The molecule has 10 nitrogen and oxygen atoms in total. The number of rotatable bonds is 5. The monoisotopic (exact) mass is 294 g/mol. The van der Waals surface area contributed by atoms with Gasteiger partial charge in [-0.05, 0) is 0 Å². The maximum Gasteiger partial charge on any atom is 0.328 e. The molecule has 0 rings (SSSR count). The number of hydrogen-bond donors (Lipinski definition) is 6. The zero-order valence-electron chi connectivity index (χ0n) is 10.0. The molecule has 6 N–H and O–H groups in total. The van der Waals surface area contributed by atoms with Crippen LogP contribution in [0.4, 0.5) is 0 Å². The van der Waals surface area contributed by atoms with Crippen LogP contribution in [0, 0.1) is 0 Å². The van der Waals surface area contributed by atoms with Gasteiger partial charge >= 0.3 is 23.9 Å². The van der Waals surface area contributed by atoms with E-state index in [0.29, 0.717) is 24.3 Å². The van der Waals surface area contributed by atoms with Crippen LogP contribution >= 0.6 is 0 Å². The number of carboxylic acids is 4. The molecule has 0 aliphatic rings. The number of carbonyl (C=O) groups is 4. The summed E-state index contributed by atoms with van der Waals surface area (Å²) in [5.41, 5.74) is 0. The van der Waals surface area contributed by atoms with Crippen LogP contribution in [0.1, 0.15) is 0 Å². The van der Waals surface area contributed by atoms with Gasteiger partial charge in [0.15, 0.2) is 0 Å². The molecule has 0 saturated heterocycles. The van der Waals surface area contributed by atoms with Crippen LogP contribution in [0.5, 0.6) is 0 Å². The van der Waals surface area contributed by atoms with Gasteiger partial charge in [-0.25, -0.2) is 19.2 Å². The Bertz CT molecular complexity index is 300. The van der Waals surface area contributed by atoms with Crippen LogP contribution in [0.15, 0.2) is 24.3 Å². The van der Waals surface area contributed by atoms with Gasteiger partial charge in [-0.2, -0.15) is 0 Å². The first-order chi connectivity index (χ1) is 9.17. The van der Waals surface area contributed by atoms with Crippen LogP contribution in [-0.2, 0) is 19.2 Å². The fourth-order valence-electron chi connectivity index (χ4n) is 0.285. The van der Waals surface area contributed by atoms with Gasteiger partial charge in [-0.15, -0.1) is 0 Å². The van der Waals surface area contributed by atoms with E-state index in [0.717, 1.165) is 0 Å². The highest BCUT2D eigenvalue weighted by molar-refractivity contribution is 5.90. The molecule has 114 valence electrons. The van der Waals surface area contributed by atoms with Crippen LogP contribution < -0.4 is 0 Å². The molecule has 0 atom stereocenters. The fourth-order valence-corrected chi connectivity index (χ4v) is 0.285. The Morgan fingerprint density at radius 3 is 0.750 bits per heavy atom. The van der Waals surface area contributed by atoms with Crippen LogP contribution in [-0.4, -0.2) is 67.7 Å². The third-order valence-electron chi connectivity index (χ3n) is 0.837. The van der Waals surface area contributed by atoms with E-state index in [1.165, 1.54) is 0 Å². The summed E-state index contributed by atoms with van der Waals surface area (Å²) in [5, 5.41) is 46.5. The van der Waals surface area contributed by atoms with Crippen molar-refractivity contribution in [2.45, 2.75) is 0 Å². The number of aliphatic hydroxyl groups excluding tert-OH is 2. The zero-order chi connectivity index (χ0) is 16.6. The SMILES string of the molecule is O=C(O)/C=C\C(=O)O.O=C(O)/C=C\C(=O)O.OCCO. The maximum atomic E-state index is 9.55. The van der Waals surface area contributed by atoms with Crippen molar-refractivity contribution in [3.8, 4) is 0 Å². The highest BCUT2D eigenvalue weighted by atomic mass is 16.4. The lowest BCUT2D eigenvalue weighted by Crippen LogP contribution is -1.91. The lowest BCUT2D eigenvalue weighted by Gasteiger charge is -1.74. The van der Waals surface area contributed by atoms with Gasteiger partial charge < -0.3 is 30.6 Å². The van der Waals surface area contributed by atoms with Crippen molar-refractivity contribution in [1.29, 1.82) is 0 Å². The maximum absolute atomic E-state index is 9.55. The molecule has 10 heteroatoms. The smallest absolute Gasteiger partial charge is 0.328 e. The first-order valence-electron chi connectivity index (χ1n) is 4.66. The van der Waals surface area contributed by atoms with E-state index in [1.54, 1.807) is 0 Å². The Kier molecular flexibility index (Phi) is 18.3. The first kappa shape index (κ1) is 22.5. The van der Waals surface area contributed by atoms with E-state index >= 15 is 0 Å². The minimum atomic E-state index is -1.26. The summed E-state index contributed by atoms with van der Waals surface area (Å²) < 4.78 is 0. The fraction of sp³-hybridized carbons (Fsp3) is 0.200. The predicted molar refractivity (Wildman–Crippen MR) is 63.0 cm³/mol. The van der Waals surface area contributed by atoms with Crippen molar-refractivity contribution in [1.82, 2.24) is 0 Å². The molecule has 0 aromatic heterocycles. The van der Waals surface area contributed by atoms with Gasteiger partial charge in [0.25, 0.3) is 0 Å². The van der Waals surface area contributed by atoms with E-state index in [4.69, 9.17) is 30.6 Å². The molecular formula is C10H14O10. The summed E-state index contributed by atoms with van der Waals surface area (Å²) in [4.78, 5) is 38.2. The summed E-state index contributed by atoms with van der Waals surface area (Å²) in [6, 6.07) is 0. The van der Waals surface area contributed by atoms with Crippen molar-refractivity contribution in [3.63, 3.8) is 0 Å².